The van der Waals surface area contributed by atoms with E-state index in [0.717, 1.165) is 64.3 Å². The summed E-state index contributed by atoms with van der Waals surface area (Å²) < 4.78 is 41.2. The molecule has 38 nitrogen and oxygen atoms in total. The van der Waals surface area contributed by atoms with Crippen molar-refractivity contribution < 1.29 is 132 Å². The van der Waals surface area contributed by atoms with Crippen LogP contribution < -0.4 is 53.2 Å². The van der Waals surface area contributed by atoms with Gasteiger partial charge in [0, 0.05) is 125 Å². The van der Waals surface area contributed by atoms with Crippen molar-refractivity contribution in [1.29, 1.82) is 0 Å². The zero-order valence-corrected chi connectivity index (χ0v) is 71.4. The number of amides is 11. The molecule has 4 rings (SSSR count). The first-order valence-corrected chi connectivity index (χ1v) is 43.8. The van der Waals surface area contributed by atoms with Crippen LogP contribution in [0.1, 0.15) is 233 Å². The standard InChI is InChI=1S/C82H147N11O27/c1-55(97)89-73-59(118-62(48-94)76(108)79(73)111)27-14-11-18-30-65(100)83-38-23-41-86-68(103)35-45-115-52-82(92-71(106)33-17-9-7-5-6-8-10-21-34-72(107)93-44-22-26-58(93)51-114-4,53-116-46-36-69(104)87-42-24-39-84-66(101)31-19-12-15-28-60-74(90-56(2)98)80(112)77(109)63(49-95)119-60)54-117-47-37-70(105)88-43-25-40-85-67(102)32-20-13-16-29-61-75(91-57(3)99)81(113)78(110)64(50-96)120-61/h58-64,73-81,94-96,108-113H,5-54H2,1-4H3,(H,83,100)(H,84,101)(H,85,102)(H,86,103)(H,87,104)(H,88,105)(H,89,97)(H,90,98)(H,91,99)(H,92,106)/t58-,59?,60?,61?,62?,63?,64?,73?,74?,75?,76?,77?,78?,79?,80?,81?,82?/m0/s1. The maximum Gasteiger partial charge on any atom is 0.222 e. The van der Waals surface area contributed by atoms with Gasteiger partial charge in [-0.25, -0.2) is 0 Å². The Labute approximate surface area is 706 Å². The molecule has 0 saturated carbocycles. The zero-order valence-electron chi connectivity index (χ0n) is 71.4. The fourth-order valence-corrected chi connectivity index (χ4v) is 15.3. The lowest BCUT2D eigenvalue weighted by atomic mass is 9.90. The first-order valence-electron chi connectivity index (χ1n) is 43.8. The fraction of sp³-hybridized carbons (Fsp3) is 0.866. The summed E-state index contributed by atoms with van der Waals surface area (Å²) in [7, 11) is 1.65. The van der Waals surface area contributed by atoms with Gasteiger partial charge in [-0.3, -0.25) is 52.7 Å². The van der Waals surface area contributed by atoms with E-state index in [1.807, 2.05) is 4.90 Å². The Balaban J connectivity index is 1.29. The number of nitrogens with one attached hydrogen (secondary N) is 10. The quantitative estimate of drug-likeness (QED) is 0.0301. The number of aliphatic hydroxyl groups excluding tert-OH is 9. The SMILES string of the molecule is COC[C@@H]1CCCN1C(=O)CCCCCCCCCCC(=O)NC(COCCC(=O)NCCCNC(=O)CCCCCC1OC(CO)C(O)C(O)C1NC(C)=O)(COCCC(=O)NCCCNC(=O)CCCCCC1OC(CO)C(O)C(O)C1NC(C)=O)COCCC(=O)NCCCNC(=O)CCCCCC1OC(CO)C(O)C(O)C1NC(C)=O. The van der Waals surface area contributed by atoms with Crippen LogP contribution >= 0.6 is 0 Å². The van der Waals surface area contributed by atoms with Gasteiger partial charge in [0.1, 0.15) is 60.5 Å². The van der Waals surface area contributed by atoms with Crippen LogP contribution in [0.5, 0.6) is 0 Å². The lowest BCUT2D eigenvalue weighted by Crippen LogP contribution is -2.63. The maximum atomic E-state index is 14.1. The average Bonchev–Trinajstić information content (AvgIpc) is 1.16. The summed E-state index contributed by atoms with van der Waals surface area (Å²) in [6.07, 6.45) is 4.50. The van der Waals surface area contributed by atoms with Gasteiger partial charge in [-0.05, 0) is 83.5 Å². The van der Waals surface area contributed by atoms with E-state index in [1.54, 1.807) is 7.11 Å². The zero-order chi connectivity index (χ0) is 88.0. The molecule has 38 heteroatoms. The predicted molar refractivity (Wildman–Crippen MR) is 437 cm³/mol. The largest absolute Gasteiger partial charge is 0.394 e. The van der Waals surface area contributed by atoms with E-state index in [0.29, 0.717) is 116 Å². The summed E-state index contributed by atoms with van der Waals surface area (Å²) in [6, 6.07) is -2.46. The van der Waals surface area contributed by atoms with Crippen LogP contribution in [0.4, 0.5) is 0 Å². The smallest absolute Gasteiger partial charge is 0.222 e. The summed E-state index contributed by atoms with van der Waals surface area (Å²) in [4.78, 5) is 142. The van der Waals surface area contributed by atoms with E-state index in [2.05, 4.69) is 53.2 Å². The van der Waals surface area contributed by atoms with Crippen molar-refractivity contribution >= 4 is 65.0 Å². The Morgan fingerprint density at radius 2 is 0.642 bits per heavy atom. The fourth-order valence-electron chi connectivity index (χ4n) is 15.3. The van der Waals surface area contributed by atoms with Crippen molar-refractivity contribution in [2.45, 2.75) is 336 Å². The second kappa shape index (κ2) is 61.8. The highest BCUT2D eigenvalue weighted by Gasteiger charge is 2.47. The van der Waals surface area contributed by atoms with Crippen LogP contribution in [0.25, 0.3) is 0 Å². The minimum Gasteiger partial charge on any atom is -0.394 e. The topological polar surface area (TPSA) is 558 Å². The normalized spacial score (nSPS) is 24.6. The van der Waals surface area contributed by atoms with E-state index in [-0.39, 0.29) is 177 Å². The third-order valence-corrected chi connectivity index (χ3v) is 21.9. The molecule has 4 aliphatic heterocycles. The van der Waals surface area contributed by atoms with Gasteiger partial charge in [0.2, 0.25) is 65.0 Å². The molecule has 19 N–H and O–H groups in total. The first kappa shape index (κ1) is 106. The molecule has 4 fully saturated rings. The lowest BCUT2D eigenvalue weighted by Gasteiger charge is -2.42. The third kappa shape index (κ3) is 42.7. The van der Waals surface area contributed by atoms with Gasteiger partial charge in [-0.15, -0.1) is 0 Å². The molecule has 0 aliphatic carbocycles. The van der Waals surface area contributed by atoms with E-state index in [1.165, 1.54) is 20.8 Å². The molecular formula is C82H147N11O27. The second-order valence-electron chi connectivity index (χ2n) is 32.2. The maximum absolute atomic E-state index is 14.1. The summed E-state index contributed by atoms with van der Waals surface area (Å²) >= 11 is 0. The number of methoxy groups -OCH3 is 1. The number of unbranched alkanes of at least 4 members (excludes halogenated alkanes) is 13. The molecule has 11 amide bonds. The minimum atomic E-state index is -1.40. The van der Waals surface area contributed by atoms with Crippen molar-refractivity contribution in [3.05, 3.63) is 0 Å². The molecule has 0 bridgehead atoms. The van der Waals surface area contributed by atoms with E-state index in [4.69, 9.17) is 33.2 Å². The Morgan fingerprint density at radius 1 is 0.358 bits per heavy atom. The van der Waals surface area contributed by atoms with E-state index < -0.39 is 134 Å². The Morgan fingerprint density at radius 3 is 0.942 bits per heavy atom. The molecular weight excluding hydrogens is 1570 g/mol. The summed E-state index contributed by atoms with van der Waals surface area (Å²) in [6.45, 7) is 4.26. The summed E-state index contributed by atoms with van der Waals surface area (Å²) in [5.74, 6) is -2.99. The predicted octanol–water partition coefficient (Wildman–Crippen LogP) is -1.72. The number of hydrogen-bond acceptors (Lipinski definition) is 27. The van der Waals surface area contributed by atoms with Crippen molar-refractivity contribution in [2.24, 2.45) is 0 Å². The average molecular weight is 1720 g/mol. The number of rotatable bonds is 65. The highest BCUT2D eigenvalue weighted by molar-refractivity contribution is 5.79. The summed E-state index contributed by atoms with van der Waals surface area (Å²) in [5, 5.41) is 120. The molecule has 0 aromatic rings. The van der Waals surface area contributed by atoms with Gasteiger partial charge in [0.15, 0.2) is 0 Å². The molecule has 0 aromatic carbocycles. The van der Waals surface area contributed by atoms with E-state index in [9.17, 15) is 98.7 Å². The highest BCUT2D eigenvalue weighted by Crippen LogP contribution is 2.29. The first-order chi connectivity index (χ1) is 57.7. The van der Waals surface area contributed by atoms with Crippen LogP contribution in [0.2, 0.25) is 0 Å². The second-order valence-corrected chi connectivity index (χ2v) is 32.2. The molecule has 120 heavy (non-hydrogen) atoms. The highest BCUT2D eigenvalue weighted by atomic mass is 16.5. The van der Waals surface area contributed by atoms with Crippen LogP contribution in [-0.2, 0) is 85.9 Å². The van der Waals surface area contributed by atoms with Crippen molar-refractivity contribution in [1.82, 2.24) is 58.1 Å². The Kier molecular flexibility index (Phi) is 54.5. The number of carbonyl (C=O) groups excluding carboxylic acids is 11. The van der Waals surface area contributed by atoms with Crippen LogP contribution in [0.15, 0.2) is 0 Å². The van der Waals surface area contributed by atoms with Crippen LogP contribution in [0, 0.1) is 0 Å². The number of hydrogen-bond donors (Lipinski definition) is 19. The van der Waals surface area contributed by atoms with Crippen molar-refractivity contribution in [2.75, 3.05) is 119 Å². The molecule has 4 saturated heterocycles. The van der Waals surface area contributed by atoms with Gasteiger partial charge in [0.05, 0.1) is 109 Å². The van der Waals surface area contributed by atoms with E-state index >= 15 is 0 Å². The van der Waals surface area contributed by atoms with Gasteiger partial charge < -0.3 is 137 Å². The molecule has 16 atom stereocenters. The Hall–Kier alpha value is -6.47. The molecule has 0 spiro atoms. The van der Waals surface area contributed by atoms with Crippen molar-refractivity contribution in [3.8, 4) is 0 Å². The third-order valence-electron chi connectivity index (χ3n) is 21.9. The Bertz CT molecular complexity index is 2730. The summed E-state index contributed by atoms with van der Waals surface area (Å²) in [5.41, 5.74) is -1.40. The monoisotopic (exact) mass is 1720 g/mol. The number of carbonyl (C=O) groups is 11. The number of nitrogens with zero attached hydrogens (tertiary/aromatic N) is 1. The van der Waals surface area contributed by atoms with Gasteiger partial charge >= 0.3 is 0 Å². The molecule has 4 aliphatic rings. The molecule has 0 aromatic heterocycles. The molecule has 4 heterocycles. The number of ether oxygens (including phenoxy) is 7. The molecule has 15 unspecified atom stereocenters. The molecule has 692 valence electrons. The van der Waals surface area contributed by atoms with Gasteiger partial charge in [-0.1, -0.05) is 77.0 Å². The van der Waals surface area contributed by atoms with Crippen molar-refractivity contribution in [3.63, 3.8) is 0 Å². The number of likely N-dealkylation sites (tertiary alicyclic amines) is 1. The lowest BCUT2D eigenvalue weighted by molar-refractivity contribution is -0.196. The molecule has 0 radical (unpaired) electrons. The minimum absolute atomic E-state index is 0.0857. The number of aliphatic hydroxyl groups is 9. The van der Waals surface area contributed by atoms with Gasteiger partial charge in [-0.2, -0.15) is 0 Å². The van der Waals surface area contributed by atoms with Gasteiger partial charge in [0.25, 0.3) is 0 Å². The van der Waals surface area contributed by atoms with Crippen LogP contribution in [0.3, 0.4) is 0 Å². The van der Waals surface area contributed by atoms with Crippen LogP contribution in [-0.4, -0.2) is 338 Å².